The van der Waals surface area contributed by atoms with Crippen LogP contribution in [0, 0.1) is 11.8 Å². The Morgan fingerprint density at radius 2 is 2.00 bits per heavy atom. The molecule has 1 fully saturated rings. The molecule has 1 saturated carbocycles. The van der Waals surface area contributed by atoms with Crippen LogP contribution in [0.5, 0.6) is 0 Å². The highest BCUT2D eigenvalue weighted by Crippen LogP contribution is 2.29. The second-order valence-electron chi connectivity index (χ2n) is 5.95. The van der Waals surface area contributed by atoms with Gasteiger partial charge in [0.25, 0.3) is 0 Å². The molecule has 2 unspecified atom stereocenters. The molecule has 4 heteroatoms. The number of hydrogen-bond donors (Lipinski definition) is 2. The van der Waals surface area contributed by atoms with E-state index in [1.165, 1.54) is 25.7 Å². The molecule has 2 atom stereocenters. The summed E-state index contributed by atoms with van der Waals surface area (Å²) in [7, 11) is 3.52. The van der Waals surface area contributed by atoms with E-state index in [1.54, 1.807) is 19.0 Å². The predicted molar refractivity (Wildman–Crippen MR) is 75.7 cm³/mol. The lowest BCUT2D eigenvalue weighted by atomic mass is 9.79. The van der Waals surface area contributed by atoms with Crippen LogP contribution in [0.1, 0.15) is 39.5 Å². The van der Waals surface area contributed by atoms with Crippen molar-refractivity contribution in [3.8, 4) is 0 Å². The van der Waals surface area contributed by atoms with Crippen LogP contribution >= 0.6 is 0 Å². The maximum absolute atomic E-state index is 11.3. The summed E-state index contributed by atoms with van der Waals surface area (Å²) < 4.78 is 0. The minimum absolute atomic E-state index is 0.0134. The molecule has 0 aliphatic heterocycles. The predicted octanol–water partition coefficient (Wildman–Crippen LogP) is 2.06. The molecule has 106 valence electrons. The Balaban J connectivity index is 2.14. The van der Waals surface area contributed by atoms with Gasteiger partial charge in [0.2, 0.25) is 0 Å². The molecule has 0 aromatic heterocycles. The summed E-state index contributed by atoms with van der Waals surface area (Å²) in [5.41, 5.74) is 0. The molecular weight excluding hydrogens is 226 g/mol. The minimum atomic E-state index is -0.0134. The molecule has 0 spiro atoms. The van der Waals surface area contributed by atoms with Gasteiger partial charge in [-0.15, -0.1) is 0 Å². The zero-order valence-corrected chi connectivity index (χ0v) is 12.3. The Morgan fingerprint density at radius 1 is 1.28 bits per heavy atom. The van der Waals surface area contributed by atoms with Crippen LogP contribution in [0.4, 0.5) is 4.79 Å². The molecule has 2 amide bonds. The number of nitrogens with zero attached hydrogens (tertiary/aromatic N) is 1. The molecule has 0 saturated heterocycles. The lowest BCUT2D eigenvalue weighted by molar-refractivity contribution is 0.215. The zero-order valence-electron chi connectivity index (χ0n) is 12.3. The maximum atomic E-state index is 11.3. The minimum Gasteiger partial charge on any atom is -0.337 e. The Kier molecular flexibility index (Phi) is 6.47. The third-order valence-corrected chi connectivity index (χ3v) is 3.90. The molecule has 1 aliphatic carbocycles. The third kappa shape index (κ3) is 5.25. The maximum Gasteiger partial charge on any atom is 0.316 e. The van der Waals surface area contributed by atoms with Crippen molar-refractivity contribution in [1.82, 2.24) is 15.5 Å². The fraction of sp³-hybridized carbons (Fsp3) is 0.929. The van der Waals surface area contributed by atoms with Crippen LogP contribution in [0.25, 0.3) is 0 Å². The normalized spacial score (nSPS) is 24.1. The van der Waals surface area contributed by atoms with Crippen LogP contribution in [0.3, 0.4) is 0 Å². The van der Waals surface area contributed by atoms with E-state index in [2.05, 4.69) is 24.5 Å². The van der Waals surface area contributed by atoms with E-state index in [1.807, 2.05) is 0 Å². The van der Waals surface area contributed by atoms with Gasteiger partial charge in [-0.3, -0.25) is 0 Å². The highest BCUT2D eigenvalue weighted by Gasteiger charge is 2.23. The van der Waals surface area contributed by atoms with Crippen molar-refractivity contribution in [2.45, 2.75) is 45.6 Å². The second kappa shape index (κ2) is 7.62. The third-order valence-electron chi connectivity index (χ3n) is 3.90. The molecule has 1 rings (SSSR count). The summed E-state index contributed by atoms with van der Waals surface area (Å²) >= 11 is 0. The second-order valence-corrected chi connectivity index (χ2v) is 5.95. The summed E-state index contributed by atoms with van der Waals surface area (Å²) in [5, 5.41) is 6.45. The van der Waals surface area contributed by atoms with Gasteiger partial charge in [-0.05, 0) is 24.7 Å². The lowest BCUT2D eigenvalue weighted by Gasteiger charge is -2.32. The summed E-state index contributed by atoms with van der Waals surface area (Å²) in [6.07, 6.45) is 5.29. The number of hydrogen-bond acceptors (Lipinski definition) is 2. The quantitative estimate of drug-likeness (QED) is 0.739. The van der Waals surface area contributed by atoms with E-state index in [-0.39, 0.29) is 6.03 Å². The van der Waals surface area contributed by atoms with E-state index >= 15 is 0 Å². The standard InChI is InChI=1S/C14H29N3O/c1-11(2)12-6-5-7-13(10-12)15-8-9-16-14(18)17(3)4/h11-13,15H,5-10H2,1-4H3,(H,16,18). The zero-order chi connectivity index (χ0) is 13.5. The van der Waals surface area contributed by atoms with Crippen LogP contribution < -0.4 is 10.6 Å². The van der Waals surface area contributed by atoms with Crippen LogP contribution in [0.15, 0.2) is 0 Å². The number of carbonyl (C=O) groups is 1. The summed E-state index contributed by atoms with van der Waals surface area (Å²) in [5.74, 6) is 1.66. The highest BCUT2D eigenvalue weighted by molar-refractivity contribution is 5.73. The van der Waals surface area contributed by atoms with E-state index in [9.17, 15) is 4.79 Å². The van der Waals surface area contributed by atoms with E-state index in [0.29, 0.717) is 12.6 Å². The van der Waals surface area contributed by atoms with Gasteiger partial charge in [-0.25, -0.2) is 4.79 Å². The van der Waals surface area contributed by atoms with Crippen molar-refractivity contribution in [3.05, 3.63) is 0 Å². The first-order valence-corrected chi connectivity index (χ1v) is 7.19. The molecule has 0 aromatic rings. The van der Waals surface area contributed by atoms with Crippen molar-refractivity contribution in [2.75, 3.05) is 27.2 Å². The lowest BCUT2D eigenvalue weighted by Crippen LogP contribution is -2.42. The summed E-state index contributed by atoms with van der Waals surface area (Å²) in [4.78, 5) is 12.9. The highest BCUT2D eigenvalue weighted by atomic mass is 16.2. The van der Waals surface area contributed by atoms with Gasteiger partial charge in [-0.2, -0.15) is 0 Å². The molecule has 0 bridgehead atoms. The summed E-state index contributed by atoms with van der Waals surface area (Å²) in [6, 6.07) is 0.628. The number of rotatable bonds is 5. The fourth-order valence-electron chi connectivity index (χ4n) is 2.62. The fourth-order valence-corrected chi connectivity index (χ4v) is 2.62. The van der Waals surface area contributed by atoms with Gasteiger partial charge in [0.15, 0.2) is 0 Å². The van der Waals surface area contributed by atoms with Gasteiger partial charge in [-0.1, -0.05) is 26.7 Å². The van der Waals surface area contributed by atoms with Crippen LogP contribution in [-0.4, -0.2) is 44.2 Å². The first-order valence-electron chi connectivity index (χ1n) is 7.19. The van der Waals surface area contributed by atoms with Crippen molar-refractivity contribution in [3.63, 3.8) is 0 Å². The Morgan fingerprint density at radius 3 is 2.61 bits per heavy atom. The topological polar surface area (TPSA) is 44.4 Å². The molecule has 0 aromatic carbocycles. The van der Waals surface area contributed by atoms with Gasteiger partial charge in [0.1, 0.15) is 0 Å². The van der Waals surface area contributed by atoms with E-state index < -0.39 is 0 Å². The monoisotopic (exact) mass is 255 g/mol. The van der Waals surface area contributed by atoms with Gasteiger partial charge >= 0.3 is 6.03 Å². The molecule has 0 radical (unpaired) electrons. The molecule has 2 N–H and O–H groups in total. The molecule has 18 heavy (non-hydrogen) atoms. The number of nitrogens with one attached hydrogen (secondary N) is 2. The molecule has 1 aliphatic rings. The number of carbonyl (C=O) groups excluding carboxylic acids is 1. The first kappa shape index (κ1) is 15.3. The average molecular weight is 255 g/mol. The summed E-state index contributed by atoms with van der Waals surface area (Å²) in [6.45, 7) is 6.23. The SMILES string of the molecule is CC(C)C1CCCC(NCCNC(=O)N(C)C)C1. The smallest absolute Gasteiger partial charge is 0.316 e. The Labute approximate surface area is 111 Å². The molecular formula is C14H29N3O. The number of urea groups is 1. The van der Waals surface area contributed by atoms with Crippen molar-refractivity contribution >= 4 is 6.03 Å². The molecule has 4 nitrogen and oxygen atoms in total. The van der Waals surface area contributed by atoms with E-state index in [4.69, 9.17) is 0 Å². The van der Waals surface area contributed by atoms with E-state index in [0.717, 1.165) is 18.4 Å². The van der Waals surface area contributed by atoms with Gasteiger partial charge < -0.3 is 15.5 Å². The van der Waals surface area contributed by atoms with Crippen LogP contribution in [-0.2, 0) is 0 Å². The first-order chi connectivity index (χ1) is 8.50. The average Bonchev–Trinajstić information content (AvgIpc) is 2.34. The van der Waals surface area contributed by atoms with Crippen molar-refractivity contribution in [2.24, 2.45) is 11.8 Å². The van der Waals surface area contributed by atoms with Gasteiger partial charge in [0.05, 0.1) is 0 Å². The van der Waals surface area contributed by atoms with Gasteiger partial charge in [0, 0.05) is 33.2 Å². The molecule has 0 heterocycles. The number of amides is 2. The Bertz CT molecular complexity index is 253. The Hall–Kier alpha value is -0.770. The van der Waals surface area contributed by atoms with Crippen molar-refractivity contribution in [1.29, 1.82) is 0 Å². The largest absolute Gasteiger partial charge is 0.337 e. The van der Waals surface area contributed by atoms with Crippen molar-refractivity contribution < 1.29 is 4.79 Å². The van der Waals surface area contributed by atoms with Crippen LogP contribution in [0.2, 0.25) is 0 Å².